The van der Waals surface area contributed by atoms with E-state index in [-0.39, 0.29) is 11.4 Å². The Morgan fingerprint density at radius 2 is 1.73 bits per heavy atom. The van der Waals surface area contributed by atoms with E-state index in [0.29, 0.717) is 0 Å². The van der Waals surface area contributed by atoms with Crippen molar-refractivity contribution in [2.45, 2.75) is 26.3 Å². The molecular weight excluding hydrogens is 344 g/mol. The molecule has 26 heavy (non-hydrogen) atoms. The predicted molar refractivity (Wildman–Crippen MR) is 90.5 cm³/mol. The Labute approximate surface area is 149 Å². The van der Waals surface area contributed by atoms with Crippen molar-refractivity contribution in [2.75, 3.05) is 7.11 Å². The van der Waals surface area contributed by atoms with Crippen molar-refractivity contribution in [3.8, 4) is 5.88 Å². The van der Waals surface area contributed by atoms with E-state index in [2.05, 4.69) is 10.4 Å². The molecule has 8 heteroatoms. The van der Waals surface area contributed by atoms with Crippen LogP contribution in [0.5, 0.6) is 5.88 Å². The van der Waals surface area contributed by atoms with E-state index < -0.39 is 34.6 Å². The number of carbonyl (C=O) groups is 2. The summed E-state index contributed by atoms with van der Waals surface area (Å²) in [7, 11) is 1.36. The first-order chi connectivity index (χ1) is 12.2. The van der Waals surface area contributed by atoms with Crippen LogP contribution in [0.2, 0.25) is 0 Å². The average molecular weight is 363 g/mol. The summed E-state index contributed by atoms with van der Waals surface area (Å²) in [6.07, 6.45) is 1.45. The lowest BCUT2D eigenvalue weighted by molar-refractivity contribution is 0.0352. The number of hydrazine groups is 1. The van der Waals surface area contributed by atoms with E-state index in [1.807, 2.05) is 0 Å². The van der Waals surface area contributed by atoms with Gasteiger partial charge < -0.3 is 4.74 Å². The molecule has 0 aliphatic rings. The van der Waals surface area contributed by atoms with E-state index in [4.69, 9.17) is 4.74 Å². The Balaban J connectivity index is 2.40. The summed E-state index contributed by atoms with van der Waals surface area (Å²) < 4.78 is 32.8. The fourth-order valence-electron chi connectivity index (χ4n) is 2.23. The third-order valence-electron chi connectivity index (χ3n) is 3.47. The van der Waals surface area contributed by atoms with Crippen molar-refractivity contribution in [1.82, 2.24) is 15.4 Å². The van der Waals surface area contributed by atoms with Crippen LogP contribution >= 0.6 is 0 Å². The summed E-state index contributed by atoms with van der Waals surface area (Å²) in [5.41, 5.74) is 0.718. The van der Waals surface area contributed by atoms with E-state index in [1.54, 1.807) is 20.8 Å². The van der Waals surface area contributed by atoms with Crippen molar-refractivity contribution in [1.29, 1.82) is 0 Å². The van der Waals surface area contributed by atoms with Crippen molar-refractivity contribution in [3.05, 3.63) is 59.3 Å². The number of carbonyl (C=O) groups excluding carboxylic acids is 2. The molecule has 0 atom stereocenters. The Hall–Kier alpha value is -3.03. The highest BCUT2D eigenvalue weighted by atomic mass is 19.1. The molecule has 0 radical (unpaired) electrons. The molecule has 138 valence electrons. The minimum Gasteiger partial charge on any atom is -0.480 e. The Morgan fingerprint density at radius 1 is 1.12 bits per heavy atom. The highest BCUT2D eigenvalue weighted by molar-refractivity contribution is 6.00. The maximum absolute atomic E-state index is 13.9. The number of rotatable bonds is 3. The summed E-state index contributed by atoms with van der Waals surface area (Å²) >= 11 is 0. The standard InChI is InChI=1S/C18H19F2N3O3/c1-18(2,3)23(17(25)11-7-6-10-21-16(11)26-4)22-15(24)14-12(19)8-5-9-13(14)20/h5-10H,1-4H3,(H,22,24). The fourth-order valence-corrected chi connectivity index (χ4v) is 2.23. The molecule has 0 unspecified atom stereocenters. The molecule has 0 aliphatic carbocycles. The summed E-state index contributed by atoms with van der Waals surface area (Å²) in [4.78, 5) is 29.3. The van der Waals surface area contributed by atoms with Gasteiger partial charge in [-0.3, -0.25) is 15.0 Å². The monoisotopic (exact) mass is 363 g/mol. The number of nitrogens with zero attached hydrogens (tertiary/aromatic N) is 2. The van der Waals surface area contributed by atoms with Gasteiger partial charge in [-0.15, -0.1) is 0 Å². The van der Waals surface area contributed by atoms with Crippen LogP contribution in [0.15, 0.2) is 36.5 Å². The molecule has 2 aromatic rings. The van der Waals surface area contributed by atoms with Crippen molar-refractivity contribution < 1.29 is 23.1 Å². The molecule has 0 saturated heterocycles. The van der Waals surface area contributed by atoms with Crippen molar-refractivity contribution >= 4 is 11.8 Å². The van der Waals surface area contributed by atoms with Crippen LogP contribution in [-0.4, -0.2) is 34.5 Å². The van der Waals surface area contributed by atoms with Gasteiger partial charge >= 0.3 is 0 Å². The molecule has 0 spiro atoms. The molecule has 2 rings (SSSR count). The van der Waals surface area contributed by atoms with E-state index >= 15 is 0 Å². The van der Waals surface area contributed by atoms with Crippen LogP contribution in [0.1, 0.15) is 41.5 Å². The smallest absolute Gasteiger partial charge is 0.278 e. The quantitative estimate of drug-likeness (QED) is 0.851. The van der Waals surface area contributed by atoms with Crippen LogP contribution in [0.3, 0.4) is 0 Å². The van der Waals surface area contributed by atoms with Crippen molar-refractivity contribution in [2.24, 2.45) is 0 Å². The van der Waals surface area contributed by atoms with Crippen LogP contribution < -0.4 is 10.2 Å². The molecule has 1 aromatic heterocycles. The first-order valence-corrected chi connectivity index (χ1v) is 7.75. The average Bonchev–Trinajstić information content (AvgIpc) is 2.58. The summed E-state index contributed by atoms with van der Waals surface area (Å²) in [5, 5.41) is 0.987. The maximum atomic E-state index is 13.9. The number of hydrogen-bond acceptors (Lipinski definition) is 4. The second-order valence-electron chi connectivity index (χ2n) is 6.41. The third-order valence-corrected chi connectivity index (χ3v) is 3.47. The van der Waals surface area contributed by atoms with Gasteiger partial charge in [-0.05, 0) is 45.0 Å². The zero-order valence-corrected chi connectivity index (χ0v) is 14.8. The SMILES string of the molecule is COc1ncccc1C(=O)N(NC(=O)c1c(F)cccc1F)C(C)(C)C. The highest BCUT2D eigenvalue weighted by Gasteiger charge is 2.32. The molecule has 0 aliphatic heterocycles. The Bertz CT molecular complexity index is 814. The van der Waals surface area contributed by atoms with Gasteiger partial charge in [0.2, 0.25) is 5.88 Å². The second kappa shape index (κ2) is 7.47. The van der Waals surface area contributed by atoms with E-state index in [0.717, 1.165) is 23.2 Å². The van der Waals surface area contributed by atoms with Gasteiger partial charge in [0.25, 0.3) is 11.8 Å². The van der Waals surface area contributed by atoms with Gasteiger partial charge in [0, 0.05) is 6.20 Å². The topological polar surface area (TPSA) is 71.5 Å². The lowest BCUT2D eigenvalue weighted by atomic mass is 10.1. The Morgan fingerprint density at radius 3 is 2.27 bits per heavy atom. The highest BCUT2D eigenvalue weighted by Crippen LogP contribution is 2.21. The molecular formula is C18H19F2N3O3. The van der Waals surface area contributed by atoms with Crippen LogP contribution in [0.4, 0.5) is 8.78 Å². The number of aromatic nitrogens is 1. The molecule has 6 nitrogen and oxygen atoms in total. The molecule has 0 bridgehead atoms. The van der Waals surface area contributed by atoms with Gasteiger partial charge in [-0.25, -0.2) is 18.8 Å². The predicted octanol–water partition coefficient (Wildman–Crippen LogP) is 2.95. The molecule has 0 saturated carbocycles. The van der Waals surface area contributed by atoms with Gasteiger partial charge in [-0.2, -0.15) is 0 Å². The fraction of sp³-hybridized carbons (Fsp3) is 0.278. The number of hydrogen-bond donors (Lipinski definition) is 1. The van der Waals surface area contributed by atoms with Gasteiger partial charge in [0.05, 0.1) is 12.6 Å². The van der Waals surface area contributed by atoms with Gasteiger partial charge in [-0.1, -0.05) is 6.07 Å². The normalized spacial score (nSPS) is 11.0. The zero-order valence-electron chi connectivity index (χ0n) is 14.8. The molecule has 1 N–H and O–H groups in total. The summed E-state index contributed by atoms with van der Waals surface area (Å²) in [6, 6.07) is 6.09. The van der Waals surface area contributed by atoms with Gasteiger partial charge in [0.1, 0.15) is 22.8 Å². The first-order valence-electron chi connectivity index (χ1n) is 7.75. The van der Waals surface area contributed by atoms with Gasteiger partial charge in [0.15, 0.2) is 0 Å². The van der Waals surface area contributed by atoms with Crippen molar-refractivity contribution in [3.63, 3.8) is 0 Å². The number of methoxy groups -OCH3 is 1. The van der Waals surface area contributed by atoms with E-state index in [1.165, 1.54) is 25.4 Å². The largest absolute Gasteiger partial charge is 0.480 e. The molecule has 1 aromatic carbocycles. The minimum absolute atomic E-state index is 0.0677. The zero-order chi connectivity index (χ0) is 19.5. The third kappa shape index (κ3) is 3.96. The maximum Gasteiger partial charge on any atom is 0.278 e. The number of benzene rings is 1. The van der Waals surface area contributed by atoms with Crippen LogP contribution in [-0.2, 0) is 0 Å². The number of halogens is 2. The number of pyridine rings is 1. The number of ether oxygens (including phenoxy) is 1. The minimum atomic E-state index is -1.08. The lowest BCUT2D eigenvalue weighted by Crippen LogP contribution is -2.56. The summed E-state index contributed by atoms with van der Waals surface area (Å²) in [5.74, 6) is -3.69. The molecule has 1 heterocycles. The first kappa shape index (κ1) is 19.3. The molecule has 2 amide bonds. The Kier molecular flexibility index (Phi) is 5.54. The number of amides is 2. The van der Waals surface area contributed by atoms with Crippen LogP contribution in [0.25, 0.3) is 0 Å². The second-order valence-corrected chi connectivity index (χ2v) is 6.41. The lowest BCUT2D eigenvalue weighted by Gasteiger charge is -2.35. The summed E-state index contributed by atoms with van der Waals surface area (Å²) in [6.45, 7) is 4.98. The number of nitrogens with one attached hydrogen (secondary N) is 1. The van der Waals surface area contributed by atoms with E-state index in [9.17, 15) is 18.4 Å². The van der Waals surface area contributed by atoms with Crippen LogP contribution in [0, 0.1) is 11.6 Å². The molecule has 0 fully saturated rings.